The third-order valence-electron chi connectivity index (χ3n) is 4.37. The van der Waals surface area contributed by atoms with E-state index in [9.17, 15) is 9.59 Å². The van der Waals surface area contributed by atoms with E-state index in [0.717, 1.165) is 16.7 Å². The summed E-state index contributed by atoms with van der Waals surface area (Å²) in [5.41, 5.74) is 4.36. The van der Waals surface area contributed by atoms with E-state index in [2.05, 4.69) is 10.6 Å². The first-order valence-corrected chi connectivity index (χ1v) is 8.94. The molecule has 0 bridgehead atoms. The Morgan fingerprint density at radius 2 is 1.75 bits per heavy atom. The van der Waals surface area contributed by atoms with Gasteiger partial charge in [0.1, 0.15) is 11.5 Å². The quantitative estimate of drug-likeness (QED) is 0.641. The summed E-state index contributed by atoms with van der Waals surface area (Å²) < 4.78 is 5.30. The van der Waals surface area contributed by atoms with Gasteiger partial charge >= 0.3 is 0 Å². The third-order valence-corrected chi connectivity index (χ3v) is 4.37. The molecule has 0 unspecified atom stereocenters. The lowest BCUT2D eigenvalue weighted by molar-refractivity contribution is -0.113. The van der Waals surface area contributed by atoms with Crippen molar-refractivity contribution >= 4 is 23.6 Å². The molecule has 0 radical (unpaired) electrons. The Kier molecular flexibility index (Phi) is 5.75. The van der Waals surface area contributed by atoms with Crippen LogP contribution >= 0.6 is 0 Å². The maximum Gasteiger partial charge on any atom is 0.272 e. The number of furan rings is 1. The van der Waals surface area contributed by atoms with E-state index in [1.165, 1.54) is 12.3 Å². The fraction of sp³-hybridized carbons (Fsp3) is 0.130. The predicted octanol–water partition coefficient (Wildman–Crippen LogP) is 4.61. The van der Waals surface area contributed by atoms with Gasteiger partial charge in [0.05, 0.1) is 6.26 Å². The van der Waals surface area contributed by atoms with E-state index in [0.29, 0.717) is 17.0 Å². The van der Waals surface area contributed by atoms with Crippen LogP contribution in [0.15, 0.2) is 71.0 Å². The van der Waals surface area contributed by atoms with E-state index < -0.39 is 5.91 Å². The molecule has 3 aromatic rings. The highest BCUT2D eigenvalue weighted by atomic mass is 16.3. The van der Waals surface area contributed by atoms with E-state index in [-0.39, 0.29) is 11.6 Å². The molecule has 142 valence electrons. The minimum Gasteiger partial charge on any atom is -0.465 e. The van der Waals surface area contributed by atoms with Crippen LogP contribution < -0.4 is 10.6 Å². The van der Waals surface area contributed by atoms with Crippen molar-refractivity contribution in [3.05, 3.63) is 94.6 Å². The maximum absolute atomic E-state index is 12.8. The van der Waals surface area contributed by atoms with Gasteiger partial charge in [0.2, 0.25) is 0 Å². The fourth-order valence-electron chi connectivity index (χ4n) is 2.67. The molecular formula is C23H22N2O3. The van der Waals surface area contributed by atoms with Crippen LogP contribution in [0.1, 0.15) is 32.8 Å². The molecule has 2 N–H and O–H groups in total. The zero-order valence-electron chi connectivity index (χ0n) is 16.1. The average molecular weight is 374 g/mol. The smallest absolute Gasteiger partial charge is 0.272 e. The van der Waals surface area contributed by atoms with E-state index in [4.69, 9.17) is 4.42 Å². The number of carbonyl (C=O) groups excluding carboxylic acids is 2. The summed E-state index contributed by atoms with van der Waals surface area (Å²) in [5.74, 6) is -0.325. The Morgan fingerprint density at radius 1 is 0.929 bits per heavy atom. The summed E-state index contributed by atoms with van der Waals surface area (Å²) in [6.07, 6.45) is 3.01. The van der Waals surface area contributed by atoms with Gasteiger partial charge in [-0.1, -0.05) is 18.2 Å². The number of amides is 2. The molecule has 0 spiro atoms. The second-order valence-electron chi connectivity index (χ2n) is 6.65. The van der Waals surface area contributed by atoms with Crippen molar-refractivity contribution in [3.63, 3.8) is 0 Å². The first-order chi connectivity index (χ1) is 13.4. The average Bonchev–Trinajstić information content (AvgIpc) is 3.16. The topological polar surface area (TPSA) is 71.3 Å². The number of hydrogen-bond donors (Lipinski definition) is 2. The number of aryl methyl sites for hydroxylation is 3. The zero-order valence-corrected chi connectivity index (χ0v) is 16.1. The number of hydrogen-bond acceptors (Lipinski definition) is 3. The summed E-state index contributed by atoms with van der Waals surface area (Å²) in [6, 6.07) is 16.3. The molecule has 0 fully saturated rings. The van der Waals surface area contributed by atoms with Crippen molar-refractivity contribution in [1.82, 2.24) is 5.32 Å². The molecule has 28 heavy (non-hydrogen) atoms. The highest BCUT2D eigenvalue weighted by Crippen LogP contribution is 2.14. The summed E-state index contributed by atoms with van der Waals surface area (Å²) >= 11 is 0. The monoisotopic (exact) mass is 374 g/mol. The van der Waals surface area contributed by atoms with E-state index >= 15 is 0 Å². The lowest BCUT2D eigenvalue weighted by Gasteiger charge is -2.12. The molecule has 2 amide bonds. The predicted molar refractivity (Wildman–Crippen MR) is 110 cm³/mol. The first-order valence-electron chi connectivity index (χ1n) is 8.94. The van der Waals surface area contributed by atoms with Crippen molar-refractivity contribution in [1.29, 1.82) is 0 Å². The third kappa shape index (κ3) is 4.76. The molecule has 0 atom stereocenters. The number of benzene rings is 2. The van der Waals surface area contributed by atoms with Crippen molar-refractivity contribution < 1.29 is 14.0 Å². The Balaban J connectivity index is 1.85. The van der Waals surface area contributed by atoms with Gasteiger partial charge in [0.15, 0.2) is 0 Å². The van der Waals surface area contributed by atoms with Crippen molar-refractivity contribution in [2.24, 2.45) is 0 Å². The van der Waals surface area contributed by atoms with Gasteiger partial charge in [-0.05, 0) is 73.9 Å². The molecule has 2 aromatic carbocycles. The minimum atomic E-state index is -0.431. The largest absolute Gasteiger partial charge is 0.465 e. The summed E-state index contributed by atoms with van der Waals surface area (Å²) in [5, 5.41) is 5.51. The molecule has 0 aliphatic carbocycles. The molecule has 0 aliphatic heterocycles. The molecule has 5 nitrogen and oxygen atoms in total. The van der Waals surface area contributed by atoms with Crippen LogP contribution in [-0.4, -0.2) is 11.8 Å². The highest BCUT2D eigenvalue weighted by molar-refractivity contribution is 6.10. The van der Waals surface area contributed by atoms with Crippen LogP contribution in [0.4, 0.5) is 5.69 Å². The Bertz CT molecular complexity index is 1030. The van der Waals surface area contributed by atoms with Crippen molar-refractivity contribution in [3.8, 4) is 0 Å². The van der Waals surface area contributed by atoms with Gasteiger partial charge in [0, 0.05) is 17.3 Å². The summed E-state index contributed by atoms with van der Waals surface area (Å²) in [4.78, 5) is 25.5. The second kappa shape index (κ2) is 8.39. The normalized spacial score (nSPS) is 11.2. The summed E-state index contributed by atoms with van der Waals surface area (Å²) in [6.45, 7) is 5.86. The Labute approximate surface area is 164 Å². The Morgan fingerprint density at radius 3 is 2.43 bits per heavy atom. The van der Waals surface area contributed by atoms with E-state index in [1.807, 2.05) is 45.0 Å². The van der Waals surface area contributed by atoms with Gasteiger partial charge in [-0.25, -0.2) is 0 Å². The fourth-order valence-corrected chi connectivity index (χ4v) is 2.67. The van der Waals surface area contributed by atoms with Crippen molar-refractivity contribution in [2.75, 3.05) is 5.32 Å². The molecule has 1 aromatic heterocycles. The lowest BCUT2D eigenvalue weighted by atomic mass is 10.1. The van der Waals surface area contributed by atoms with Gasteiger partial charge in [-0.15, -0.1) is 0 Å². The number of anilines is 1. The lowest BCUT2D eigenvalue weighted by Crippen LogP contribution is -2.30. The van der Waals surface area contributed by atoms with Gasteiger partial charge in [-0.3, -0.25) is 9.59 Å². The van der Waals surface area contributed by atoms with Crippen LogP contribution in [0.3, 0.4) is 0 Å². The van der Waals surface area contributed by atoms with Crippen LogP contribution in [-0.2, 0) is 4.79 Å². The molecule has 1 heterocycles. The second-order valence-corrected chi connectivity index (χ2v) is 6.65. The van der Waals surface area contributed by atoms with Crippen LogP contribution in [0, 0.1) is 20.8 Å². The van der Waals surface area contributed by atoms with Gasteiger partial charge in [0.25, 0.3) is 11.8 Å². The SMILES string of the molecule is Cc1cccc(NC(=O)C(=Cc2ccco2)NC(=O)c2ccc(C)c(C)c2)c1. The zero-order chi connectivity index (χ0) is 20.1. The molecule has 0 saturated carbocycles. The standard InChI is InChI=1S/C23H22N2O3/c1-15-6-4-7-19(12-15)24-23(27)21(14-20-8-5-11-28-20)25-22(26)18-10-9-16(2)17(3)13-18/h4-14H,1-3H3,(H,24,27)(H,25,26). The molecule has 0 saturated heterocycles. The molecule has 5 heteroatoms. The Hall–Kier alpha value is -3.60. The van der Waals surface area contributed by atoms with Crippen LogP contribution in [0.2, 0.25) is 0 Å². The number of rotatable bonds is 5. The van der Waals surface area contributed by atoms with Crippen molar-refractivity contribution in [2.45, 2.75) is 20.8 Å². The number of nitrogens with one attached hydrogen (secondary N) is 2. The van der Waals surface area contributed by atoms with Crippen LogP contribution in [0.5, 0.6) is 0 Å². The molecule has 3 rings (SSSR count). The minimum absolute atomic E-state index is 0.0969. The number of carbonyl (C=O) groups is 2. The highest BCUT2D eigenvalue weighted by Gasteiger charge is 2.16. The summed E-state index contributed by atoms with van der Waals surface area (Å²) in [7, 11) is 0. The van der Waals surface area contributed by atoms with Gasteiger partial charge in [-0.2, -0.15) is 0 Å². The molecule has 0 aliphatic rings. The first kappa shape index (κ1) is 19.2. The maximum atomic E-state index is 12.8. The van der Waals surface area contributed by atoms with E-state index in [1.54, 1.807) is 30.3 Å². The van der Waals surface area contributed by atoms with Gasteiger partial charge < -0.3 is 15.1 Å². The van der Waals surface area contributed by atoms with Crippen LogP contribution in [0.25, 0.3) is 6.08 Å². The molecular weight excluding hydrogens is 352 g/mol.